The fourth-order valence-electron chi connectivity index (χ4n) is 1.84. The number of rotatable bonds is 5. The van der Waals surface area contributed by atoms with Crippen LogP contribution in [-0.2, 0) is 6.54 Å². The second-order valence-electron chi connectivity index (χ2n) is 4.30. The summed E-state index contributed by atoms with van der Waals surface area (Å²) in [6, 6.07) is 15.0. The van der Waals surface area contributed by atoms with Crippen molar-refractivity contribution in [3.05, 3.63) is 64.1 Å². The van der Waals surface area contributed by atoms with Crippen LogP contribution < -0.4 is 5.32 Å². The first-order valence-corrected chi connectivity index (χ1v) is 6.88. The molecule has 0 aliphatic carbocycles. The number of phenols is 1. The van der Waals surface area contributed by atoms with Crippen LogP contribution in [-0.4, -0.2) is 16.8 Å². The van der Waals surface area contributed by atoms with Crippen molar-refractivity contribution in [3.8, 4) is 5.75 Å². The average Bonchev–Trinajstić information content (AvgIpc) is 2.44. The Morgan fingerprint density at radius 1 is 1.05 bits per heavy atom. The van der Waals surface area contributed by atoms with Gasteiger partial charge in [0.05, 0.1) is 10.6 Å². The maximum absolute atomic E-state index is 9.99. The molecule has 0 heterocycles. The summed E-state index contributed by atoms with van der Waals surface area (Å²) in [5.41, 5.74) is 1.68. The van der Waals surface area contributed by atoms with Crippen molar-refractivity contribution in [2.45, 2.75) is 12.6 Å². The minimum Gasteiger partial charge on any atom is -0.506 e. The summed E-state index contributed by atoms with van der Waals surface area (Å²) in [6.45, 7) is 0.950. The minimum absolute atomic E-state index is 0.240. The van der Waals surface area contributed by atoms with Gasteiger partial charge in [-0.1, -0.05) is 42.5 Å². The standard InChI is InChI=1S/C15H16BrNO2/c16-13-8-4-7-12(15(13)19)9-17-10-14(18)11-5-2-1-3-6-11/h1-8,14,17-19H,9-10H2. The van der Waals surface area contributed by atoms with Crippen LogP contribution in [0.15, 0.2) is 53.0 Å². The molecule has 3 nitrogen and oxygen atoms in total. The number of halogens is 1. The molecule has 2 aromatic rings. The molecule has 3 N–H and O–H groups in total. The van der Waals surface area contributed by atoms with E-state index >= 15 is 0 Å². The summed E-state index contributed by atoms with van der Waals surface area (Å²) >= 11 is 3.28. The third-order valence-electron chi connectivity index (χ3n) is 2.91. The van der Waals surface area contributed by atoms with Gasteiger partial charge >= 0.3 is 0 Å². The first-order chi connectivity index (χ1) is 9.18. The Morgan fingerprint density at radius 2 is 1.79 bits per heavy atom. The molecule has 0 spiro atoms. The molecule has 0 amide bonds. The van der Waals surface area contributed by atoms with E-state index in [0.717, 1.165) is 11.1 Å². The maximum Gasteiger partial charge on any atom is 0.134 e. The van der Waals surface area contributed by atoms with E-state index in [9.17, 15) is 10.2 Å². The maximum atomic E-state index is 9.99. The van der Waals surface area contributed by atoms with Gasteiger partial charge in [-0.25, -0.2) is 0 Å². The number of para-hydroxylation sites is 1. The predicted octanol–water partition coefficient (Wildman–Crippen LogP) is 2.98. The SMILES string of the molecule is Oc1c(Br)cccc1CNCC(O)c1ccccc1. The summed E-state index contributed by atoms with van der Waals surface area (Å²) in [7, 11) is 0. The van der Waals surface area contributed by atoms with Crippen LogP contribution in [0.25, 0.3) is 0 Å². The summed E-state index contributed by atoms with van der Waals surface area (Å²) in [6.07, 6.45) is -0.546. The quantitative estimate of drug-likeness (QED) is 0.793. The van der Waals surface area contributed by atoms with E-state index < -0.39 is 6.10 Å². The van der Waals surface area contributed by atoms with Crippen molar-refractivity contribution in [1.82, 2.24) is 5.32 Å². The number of hydrogen-bond donors (Lipinski definition) is 3. The van der Waals surface area contributed by atoms with Gasteiger partial charge < -0.3 is 15.5 Å². The highest BCUT2D eigenvalue weighted by Crippen LogP contribution is 2.27. The molecule has 0 saturated heterocycles. The predicted molar refractivity (Wildman–Crippen MR) is 78.9 cm³/mol. The van der Waals surface area contributed by atoms with E-state index in [1.807, 2.05) is 42.5 Å². The van der Waals surface area contributed by atoms with Crippen molar-refractivity contribution >= 4 is 15.9 Å². The van der Waals surface area contributed by atoms with Crippen LogP contribution in [0.4, 0.5) is 0 Å². The molecule has 1 unspecified atom stereocenters. The van der Waals surface area contributed by atoms with E-state index in [1.54, 1.807) is 6.07 Å². The highest BCUT2D eigenvalue weighted by molar-refractivity contribution is 9.10. The molecule has 0 aromatic heterocycles. The van der Waals surface area contributed by atoms with Gasteiger partial charge in [-0.2, -0.15) is 0 Å². The largest absolute Gasteiger partial charge is 0.506 e. The average molecular weight is 322 g/mol. The smallest absolute Gasteiger partial charge is 0.134 e. The van der Waals surface area contributed by atoms with Crippen molar-refractivity contribution in [3.63, 3.8) is 0 Å². The third-order valence-corrected chi connectivity index (χ3v) is 3.55. The molecular weight excluding hydrogens is 306 g/mol. The molecule has 0 fully saturated rings. The van der Waals surface area contributed by atoms with Crippen molar-refractivity contribution in [2.75, 3.05) is 6.54 Å². The Kier molecular flexibility index (Phi) is 4.96. The molecule has 0 bridgehead atoms. The number of phenolic OH excluding ortho intramolecular Hbond substituents is 1. The molecule has 0 aliphatic heterocycles. The Hall–Kier alpha value is -1.36. The van der Waals surface area contributed by atoms with Crippen LogP contribution in [0.2, 0.25) is 0 Å². The van der Waals surface area contributed by atoms with Gasteiger partial charge in [0.25, 0.3) is 0 Å². The summed E-state index contributed by atoms with van der Waals surface area (Å²) in [5.74, 6) is 0.240. The number of benzene rings is 2. The highest BCUT2D eigenvalue weighted by atomic mass is 79.9. The van der Waals surface area contributed by atoms with Crippen molar-refractivity contribution in [2.24, 2.45) is 0 Å². The summed E-state index contributed by atoms with van der Waals surface area (Å²) in [4.78, 5) is 0. The molecule has 2 rings (SSSR count). The Morgan fingerprint density at radius 3 is 2.53 bits per heavy atom. The Bertz CT molecular complexity index is 531. The van der Waals surface area contributed by atoms with Crippen molar-refractivity contribution < 1.29 is 10.2 Å². The zero-order valence-electron chi connectivity index (χ0n) is 10.4. The van der Waals surface area contributed by atoms with Gasteiger partial charge in [0, 0.05) is 18.7 Å². The molecule has 1 atom stereocenters. The molecule has 19 heavy (non-hydrogen) atoms. The summed E-state index contributed by atoms with van der Waals surface area (Å²) < 4.78 is 0.676. The Labute approximate surface area is 121 Å². The lowest BCUT2D eigenvalue weighted by atomic mass is 10.1. The normalized spacial score (nSPS) is 12.3. The van der Waals surface area contributed by atoms with Gasteiger partial charge in [-0.15, -0.1) is 0 Å². The van der Waals surface area contributed by atoms with E-state index in [-0.39, 0.29) is 5.75 Å². The van der Waals surface area contributed by atoms with Crippen LogP contribution >= 0.6 is 15.9 Å². The zero-order valence-corrected chi connectivity index (χ0v) is 12.0. The lowest BCUT2D eigenvalue weighted by molar-refractivity contribution is 0.174. The third kappa shape index (κ3) is 3.80. The van der Waals surface area contributed by atoms with Crippen LogP contribution in [0.1, 0.15) is 17.2 Å². The topological polar surface area (TPSA) is 52.5 Å². The number of aromatic hydroxyl groups is 1. The van der Waals surface area contributed by atoms with Gasteiger partial charge in [0.1, 0.15) is 5.75 Å². The first-order valence-electron chi connectivity index (χ1n) is 6.08. The van der Waals surface area contributed by atoms with E-state index in [2.05, 4.69) is 21.2 Å². The van der Waals surface area contributed by atoms with Crippen LogP contribution in [0.5, 0.6) is 5.75 Å². The Balaban J connectivity index is 1.88. The van der Waals surface area contributed by atoms with Crippen molar-refractivity contribution in [1.29, 1.82) is 0 Å². The first kappa shape index (κ1) is 14.1. The molecule has 4 heteroatoms. The molecule has 0 aliphatic rings. The second kappa shape index (κ2) is 6.70. The lowest BCUT2D eigenvalue weighted by Gasteiger charge is -2.13. The molecular formula is C15H16BrNO2. The van der Waals surface area contributed by atoms with Gasteiger partial charge in [0.15, 0.2) is 0 Å². The van der Waals surface area contributed by atoms with Crippen LogP contribution in [0.3, 0.4) is 0 Å². The second-order valence-corrected chi connectivity index (χ2v) is 5.16. The van der Waals surface area contributed by atoms with E-state index in [0.29, 0.717) is 17.6 Å². The number of aliphatic hydroxyl groups is 1. The summed E-state index contributed by atoms with van der Waals surface area (Å²) in [5, 5.41) is 23.0. The minimum atomic E-state index is -0.546. The van der Waals surface area contributed by atoms with Gasteiger partial charge in [0.2, 0.25) is 0 Å². The van der Waals surface area contributed by atoms with E-state index in [1.165, 1.54) is 0 Å². The number of hydrogen-bond acceptors (Lipinski definition) is 3. The highest BCUT2D eigenvalue weighted by Gasteiger charge is 2.08. The monoisotopic (exact) mass is 321 g/mol. The molecule has 2 aromatic carbocycles. The lowest BCUT2D eigenvalue weighted by Crippen LogP contribution is -2.21. The fourth-order valence-corrected chi connectivity index (χ4v) is 2.25. The number of aliphatic hydroxyl groups excluding tert-OH is 1. The molecule has 0 radical (unpaired) electrons. The van der Waals surface area contributed by atoms with Crippen LogP contribution in [0, 0.1) is 0 Å². The molecule has 0 saturated carbocycles. The fraction of sp³-hybridized carbons (Fsp3) is 0.200. The van der Waals surface area contributed by atoms with E-state index in [4.69, 9.17) is 0 Å². The van der Waals surface area contributed by atoms with Gasteiger partial charge in [-0.05, 0) is 27.6 Å². The van der Waals surface area contributed by atoms with Gasteiger partial charge in [-0.3, -0.25) is 0 Å². The molecule has 100 valence electrons. The zero-order chi connectivity index (χ0) is 13.7. The number of nitrogens with one attached hydrogen (secondary N) is 1.